The van der Waals surface area contributed by atoms with Crippen molar-refractivity contribution >= 4 is 33.2 Å². The van der Waals surface area contributed by atoms with Crippen molar-refractivity contribution < 1.29 is 13.2 Å². The lowest BCUT2D eigenvalue weighted by Gasteiger charge is -2.20. The van der Waals surface area contributed by atoms with Gasteiger partial charge in [0, 0.05) is 23.8 Å². The molecule has 0 unspecified atom stereocenters. The first kappa shape index (κ1) is 19.9. The highest BCUT2D eigenvalue weighted by Crippen LogP contribution is 2.22. The minimum absolute atomic E-state index is 0.160. The zero-order chi connectivity index (χ0) is 19.3. The topological polar surface area (TPSA) is 66.5 Å². The highest BCUT2D eigenvalue weighted by Gasteiger charge is 2.24. The maximum atomic E-state index is 12.8. The van der Waals surface area contributed by atoms with Gasteiger partial charge >= 0.3 is 0 Å². The zero-order valence-corrected chi connectivity index (χ0v) is 16.6. The van der Waals surface area contributed by atoms with Crippen LogP contribution in [0.3, 0.4) is 0 Å². The molecule has 5 nitrogen and oxygen atoms in total. The summed E-state index contributed by atoms with van der Waals surface area (Å²) in [6, 6.07) is 13.5. The largest absolute Gasteiger partial charge is 0.326 e. The van der Waals surface area contributed by atoms with Crippen LogP contribution in [-0.2, 0) is 21.2 Å². The number of nitrogens with one attached hydrogen (secondary N) is 1. The van der Waals surface area contributed by atoms with E-state index in [0.29, 0.717) is 23.8 Å². The molecule has 1 saturated heterocycles. The van der Waals surface area contributed by atoms with Crippen LogP contribution in [0, 0.1) is 0 Å². The first-order chi connectivity index (χ1) is 13.0. The number of sulfonamides is 1. The van der Waals surface area contributed by atoms with Gasteiger partial charge in [-0.3, -0.25) is 4.79 Å². The van der Waals surface area contributed by atoms with Gasteiger partial charge in [-0.1, -0.05) is 42.6 Å². The van der Waals surface area contributed by atoms with Crippen LogP contribution >= 0.6 is 11.6 Å². The Kier molecular flexibility index (Phi) is 6.52. The lowest BCUT2D eigenvalue weighted by molar-refractivity contribution is -0.115. The molecular formula is C20H23ClN2O3S. The second-order valence-electron chi connectivity index (χ2n) is 6.66. The van der Waals surface area contributed by atoms with Crippen LogP contribution in [0.25, 0.3) is 0 Å². The smallest absolute Gasteiger partial charge is 0.243 e. The van der Waals surface area contributed by atoms with Crippen LogP contribution in [0.4, 0.5) is 5.69 Å². The van der Waals surface area contributed by atoms with Crippen LogP contribution in [0.1, 0.15) is 31.2 Å². The van der Waals surface area contributed by atoms with E-state index in [2.05, 4.69) is 5.32 Å². The van der Waals surface area contributed by atoms with E-state index in [0.717, 1.165) is 31.2 Å². The van der Waals surface area contributed by atoms with Crippen LogP contribution in [-0.4, -0.2) is 31.7 Å². The van der Waals surface area contributed by atoms with Gasteiger partial charge < -0.3 is 5.32 Å². The molecule has 0 bridgehead atoms. The zero-order valence-electron chi connectivity index (χ0n) is 15.0. The molecule has 0 atom stereocenters. The molecule has 27 heavy (non-hydrogen) atoms. The fourth-order valence-electron chi connectivity index (χ4n) is 3.16. The Labute approximate surface area is 165 Å². The van der Waals surface area contributed by atoms with E-state index in [4.69, 9.17) is 11.6 Å². The fraction of sp³-hybridized carbons (Fsp3) is 0.350. The van der Waals surface area contributed by atoms with E-state index in [1.165, 1.54) is 0 Å². The normalized spacial score (nSPS) is 15.9. The molecule has 0 aromatic heterocycles. The van der Waals surface area contributed by atoms with Crippen molar-refractivity contribution in [1.82, 2.24) is 4.31 Å². The highest BCUT2D eigenvalue weighted by atomic mass is 35.5. The minimum Gasteiger partial charge on any atom is -0.326 e. The van der Waals surface area contributed by atoms with Crippen molar-refractivity contribution in [3.63, 3.8) is 0 Å². The Hall–Kier alpha value is -1.89. The molecule has 3 rings (SSSR count). The maximum absolute atomic E-state index is 12.8. The molecule has 1 amide bonds. The van der Waals surface area contributed by atoms with Crippen molar-refractivity contribution in [3.05, 3.63) is 59.1 Å². The van der Waals surface area contributed by atoms with Gasteiger partial charge in [-0.15, -0.1) is 0 Å². The molecular weight excluding hydrogens is 384 g/mol. The average molecular weight is 407 g/mol. The Morgan fingerprint density at radius 1 is 0.963 bits per heavy atom. The number of carbonyl (C=O) groups is 1. The van der Waals surface area contributed by atoms with Crippen LogP contribution in [0.15, 0.2) is 53.4 Å². The molecule has 0 radical (unpaired) electrons. The standard InChI is InChI=1S/C20H23ClN2O3S/c21-19-8-4-3-7-16(19)15-20(24)22-17-9-11-18(12-10-17)27(25,26)23-13-5-1-2-6-14-23/h3-4,7-12H,1-2,5-6,13-15H2,(H,22,24). The summed E-state index contributed by atoms with van der Waals surface area (Å²) in [6.07, 6.45) is 4.10. The first-order valence-corrected chi connectivity index (χ1v) is 10.9. The number of halogens is 1. The second kappa shape index (κ2) is 8.87. The average Bonchev–Trinajstić information content (AvgIpc) is 2.94. The summed E-state index contributed by atoms with van der Waals surface area (Å²) in [6.45, 7) is 1.14. The number of hydrogen-bond acceptors (Lipinski definition) is 3. The number of hydrogen-bond donors (Lipinski definition) is 1. The maximum Gasteiger partial charge on any atom is 0.243 e. The Bertz CT molecular complexity index is 890. The van der Waals surface area contributed by atoms with Gasteiger partial charge in [0.05, 0.1) is 11.3 Å². The van der Waals surface area contributed by atoms with E-state index in [-0.39, 0.29) is 17.2 Å². The van der Waals surface area contributed by atoms with Crippen molar-refractivity contribution in [2.45, 2.75) is 37.0 Å². The molecule has 1 aliphatic rings. The quantitative estimate of drug-likeness (QED) is 0.813. The van der Waals surface area contributed by atoms with Gasteiger partial charge in [-0.2, -0.15) is 4.31 Å². The SMILES string of the molecule is O=C(Cc1ccccc1Cl)Nc1ccc(S(=O)(=O)N2CCCCCC2)cc1. The summed E-state index contributed by atoms with van der Waals surface area (Å²) in [5.74, 6) is -0.203. The second-order valence-corrected chi connectivity index (χ2v) is 9.00. The predicted octanol–water partition coefficient (Wildman–Crippen LogP) is 4.09. The van der Waals surface area contributed by atoms with E-state index < -0.39 is 10.0 Å². The first-order valence-electron chi connectivity index (χ1n) is 9.10. The number of anilines is 1. The number of rotatable bonds is 5. The molecule has 0 aliphatic carbocycles. The van der Waals surface area contributed by atoms with Gasteiger partial charge in [0.15, 0.2) is 0 Å². The molecule has 0 spiro atoms. The summed E-state index contributed by atoms with van der Waals surface area (Å²) in [5.41, 5.74) is 1.30. The van der Waals surface area contributed by atoms with E-state index in [1.54, 1.807) is 40.7 Å². The van der Waals surface area contributed by atoms with Crippen molar-refractivity contribution in [1.29, 1.82) is 0 Å². The van der Waals surface area contributed by atoms with Crippen molar-refractivity contribution in [2.24, 2.45) is 0 Å². The number of amides is 1. The summed E-state index contributed by atoms with van der Waals surface area (Å²) < 4.78 is 27.1. The lowest BCUT2D eigenvalue weighted by Crippen LogP contribution is -2.31. The molecule has 144 valence electrons. The van der Waals surface area contributed by atoms with Crippen LogP contribution in [0.5, 0.6) is 0 Å². The number of benzene rings is 2. The predicted molar refractivity (Wildman–Crippen MR) is 107 cm³/mol. The molecule has 2 aromatic carbocycles. The van der Waals surface area contributed by atoms with E-state index >= 15 is 0 Å². The molecule has 1 fully saturated rings. The van der Waals surface area contributed by atoms with Crippen LogP contribution in [0.2, 0.25) is 5.02 Å². The molecule has 1 heterocycles. The molecule has 7 heteroatoms. The lowest BCUT2D eigenvalue weighted by atomic mass is 10.1. The third-order valence-electron chi connectivity index (χ3n) is 4.65. The van der Waals surface area contributed by atoms with Gasteiger partial charge in [0.1, 0.15) is 0 Å². The molecule has 2 aromatic rings. The minimum atomic E-state index is -3.48. The highest BCUT2D eigenvalue weighted by molar-refractivity contribution is 7.89. The van der Waals surface area contributed by atoms with Gasteiger partial charge in [0.2, 0.25) is 15.9 Å². The van der Waals surface area contributed by atoms with Gasteiger partial charge in [-0.05, 0) is 48.7 Å². The Balaban J connectivity index is 1.66. The fourth-order valence-corrected chi connectivity index (χ4v) is 4.88. The number of carbonyl (C=O) groups excluding carboxylic acids is 1. The van der Waals surface area contributed by atoms with Crippen molar-refractivity contribution in [2.75, 3.05) is 18.4 Å². The Morgan fingerprint density at radius 2 is 1.59 bits per heavy atom. The van der Waals surface area contributed by atoms with Crippen LogP contribution < -0.4 is 5.32 Å². The third kappa shape index (κ3) is 5.09. The summed E-state index contributed by atoms with van der Waals surface area (Å²) in [4.78, 5) is 12.5. The van der Waals surface area contributed by atoms with Gasteiger partial charge in [-0.25, -0.2) is 8.42 Å². The van der Waals surface area contributed by atoms with E-state index in [1.807, 2.05) is 12.1 Å². The monoisotopic (exact) mass is 406 g/mol. The van der Waals surface area contributed by atoms with E-state index in [9.17, 15) is 13.2 Å². The molecule has 1 aliphatic heterocycles. The number of nitrogens with zero attached hydrogens (tertiary/aromatic N) is 1. The molecule has 0 saturated carbocycles. The third-order valence-corrected chi connectivity index (χ3v) is 6.93. The summed E-state index contributed by atoms with van der Waals surface area (Å²) >= 11 is 6.08. The van der Waals surface area contributed by atoms with Gasteiger partial charge in [0.25, 0.3) is 0 Å². The molecule has 1 N–H and O–H groups in total. The Morgan fingerprint density at radius 3 is 2.22 bits per heavy atom. The van der Waals surface area contributed by atoms with Crippen molar-refractivity contribution in [3.8, 4) is 0 Å². The summed E-state index contributed by atoms with van der Waals surface area (Å²) in [5, 5.41) is 3.33. The summed E-state index contributed by atoms with van der Waals surface area (Å²) in [7, 11) is -3.48.